The maximum Gasteiger partial charge on any atom is 0.0101 e. The quantitative estimate of drug-likeness (QED) is 0.575. The van der Waals surface area contributed by atoms with Crippen LogP contribution in [0.1, 0.15) is 26.7 Å². The van der Waals surface area contributed by atoms with Gasteiger partial charge in [-0.2, -0.15) is 0 Å². The minimum atomic E-state index is -0.0107. The standard InChI is InChI=1S/C10H25N3/c1-10(2,11)6-5-7-12-8-9-13(3)4/h12H,5-9,11H2,1-4H3. The SMILES string of the molecule is CN(C)CCNCCCC(C)(C)N. The van der Waals surface area contributed by atoms with E-state index in [1.165, 1.54) is 0 Å². The van der Waals surface area contributed by atoms with E-state index in [4.69, 9.17) is 5.73 Å². The Morgan fingerprint density at radius 3 is 2.31 bits per heavy atom. The van der Waals surface area contributed by atoms with E-state index in [1.807, 2.05) is 0 Å². The molecular formula is C10H25N3. The molecule has 0 aliphatic heterocycles. The molecule has 0 saturated heterocycles. The van der Waals surface area contributed by atoms with Crippen molar-refractivity contribution in [2.75, 3.05) is 33.7 Å². The highest BCUT2D eigenvalue weighted by atomic mass is 15.1. The predicted octanol–water partition coefficient (Wildman–Crippen LogP) is 0.655. The van der Waals surface area contributed by atoms with Crippen LogP contribution >= 0.6 is 0 Å². The fourth-order valence-corrected chi connectivity index (χ4v) is 1.10. The van der Waals surface area contributed by atoms with Crippen LogP contribution < -0.4 is 11.1 Å². The zero-order chi connectivity index (χ0) is 10.3. The third-order valence-corrected chi connectivity index (χ3v) is 1.91. The average Bonchev–Trinajstić information content (AvgIpc) is 1.93. The first kappa shape index (κ1) is 12.9. The molecule has 0 aromatic carbocycles. The molecule has 0 amide bonds. The number of nitrogens with one attached hydrogen (secondary N) is 1. The maximum atomic E-state index is 5.86. The van der Waals surface area contributed by atoms with Gasteiger partial charge in [-0.15, -0.1) is 0 Å². The van der Waals surface area contributed by atoms with Gasteiger partial charge >= 0.3 is 0 Å². The van der Waals surface area contributed by atoms with Gasteiger partial charge in [0.05, 0.1) is 0 Å². The molecule has 0 aliphatic carbocycles. The fraction of sp³-hybridized carbons (Fsp3) is 1.00. The number of nitrogens with zero attached hydrogens (tertiary/aromatic N) is 1. The van der Waals surface area contributed by atoms with Crippen molar-refractivity contribution in [3.63, 3.8) is 0 Å². The van der Waals surface area contributed by atoms with Gasteiger partial charge in [0.15, 0.2) is 0 Å². The molecule has 0 aromatic heterocycles. The van der Waals surface area contributed by atoms with Crippen LogP contribution in [0.15, 0.2) is 0 Å². The van der Waals surface area contributed by atoms with E-state index in [1.54, 1.807) is 0 Å². The number of nitrogens with two attached hydrogens (primary N) is 1. The second-order valence-electron chi connectivity index (χ2n) is 4.65. The van der Waals surface area contributed by atoms with Crippen molar-refractivity contribution < 1.29 is 0 Å². The number of likely N-dealkylation sites (N-methyl/N-ethyl adjacent to an activating group) is 1. The zero-order valence-corrected chi connectivity index (χ0v) is 9.56. The van der Waals surface area contributed by atoms with Gasteiger partial charge in [-0.1, -0.05) is 0 Å². The molecule has 3 nitrogen and oxygen atoms in total. The van der Waals surface area contributed by atoms with Crippen molar-refractivity contribution in [2.45, 2.75) is 32.2 Å². The summed E-state index contributed by atoms with van der Waals surface area (Å²) in [6.45, 7) is 7.40. The van der Waals surface area contributed by atoms with Crippen LogP contribution in [0.4, 0.5) is 0 Å². The predicted molar refractivity (Wildman–Crippen MR) is 58.9 cm³/mol. The van der Waals surface area contributed by atoms with E-state index in [-0.39, 0.29) is 5.54 Å². The summed E-state index contributed by atoms with van der Waals surface area (Å²) in [5.41, 5.74) is 5.85. The van der Waals surface area contributed by atoms with Gasteiger partial charge in [0.2, 0.25) is 0 Å². The van der Waals surface area contributed by atoms with Crippen molar-refractivity contribution in [2.24, 2.45) is 5.73 Å². The second-order valence-corrected chi connectivity index (χ2v) is 4.65. The van der Waals surface area contributed by atoms with Gasteiger partial charge in [0.1, 0.15) is 0 Å². The van der Waals surface area contributed by atoms with E-state index in [9.17, 15) is 0 Å². The summed E-state index contributed by atoms with van der Waals surface area (Å²) in [4.78, 5) is 2.18. The molecule has 3 N–H and O–H groups in total. The minimum absolute atomic E-state index is 0.0107. The highest BCUT2D eigenvalue weighted by molar-refractivity contribution is 4.71. The molecule has 0 saturated carbocycles. The summed E-state index contributed by atoms with van der Waals surface area (Å²) in [5, 5.41) is 3.39. The molecule has 0 bridgehead atoms. The minimum Gasteiger partial charge on any atom is -0.326 e. The first-order valence-corrected chi connectivity index (χ1v) is 5.06. The lowest BCUT2D eigenvalue weighted by Crippen LogP contribution is -2.33. The van der Waals surface area contributed by atoms with E-state index < -0.39 is 0 Å². The van der Waals surface area contributed by atoms with E-state index in [0.29, 0.717) is 0 Å². The largest absolute Gasteiger partial charge is 0.326 e. The van der Waals surface area contributed by atoms with E-state index in [0.717, 1.165) is 32.5 Å². The van der Waals surface area contributed by atoms with Crippen LogP contribution in [0.5, 0.6) is 0 Å². The van der Waals surface area contributed by atoms with Crippen molar-refractivity contribution in [3.8, 4) is 0 Å². The van der Waals surface area contributed by atoms with Crippen LogP contribution in [-0.4, -0.2) is 44.2 Å². The van der Waals surface area contributed by atoms with Crippen LogP contribution in [0.3, 0.4) is 0 Å². The van der Waals surface area contributed by atoms with Crippen molar-refractivity contribution in [1.29, 1.82) is 0 Å². The number of hydrogen-bond donors (Lipinski definition) is 2. The Balaban J connectivity index is 3.09. The topological polar surface area (TPSA) is 41.3 Å². The van der Waals surface area contributed by atoms with Crippen molar-refractivity contribution in [1.82, 2.24) is 10.2 Å². The van der Waals surface area contributed by atoms with Gasteiger partial charge in [-0.05, 0) is 47.3 Å². The molecule has 0 aromatic rings. The lowest BCUT2D eigenvalue weighted by atomic mass is 10.0. The van der Waals surface area contributed by atoms with Crippen molar-refractivity contribution in [3.05, 3.63) is 0 Å². The highest BCUT2D eigenvalue weighted by Crippen LogP contribution is 2.05. The Morgan fingerprint density at radius 1 is 1.23 bits per heavy atom. The van der Waals surface area contributed by atoms with Crippen molar-refractivity contribution >= 4 is 0 Å². The summed E-state index contributed by atoms with van der Waals surface area (Å²) < 4.78 is 0. The molecule has 0 radical (unpaired) electrons. The summed E-state index contributed by atoms with van der Waals surface area (Å²) in [5.74, 6) is 0. The smallest absolute Gasteiger partial charge is 0.0101 e. The molecule has 0 heterocycles. The molecule has 0 spiro atoms. The molecular weight excluding hydrogens is 162 g/mol. The molecule has 0 rings (SSSR count). The van der Waals surface area contributed by atoms with Gasteiger partial charge in [-0.3, -0.25) is 0 Å². The zero-order valence-electron chi connectivity index (χ0n) is 9.56. The van der Waals surface area contributed by atoms with Crippen LogP contribution in [-0.2, 0) is 0 Å². The normalized spacial score (nSPS) is 12.5. The molecule has 0 unspecified atom stereocenters. The fourth-order valence-electron chi connectivity index (χ4n) is 1.10. The maximum absolute atomic E-state index is 5.86. The van der Waals surface area contributed by atoms with Crippen LogP contribution in [0.25, 0.3) is 0 Å². The van der Waals surface area contributed by atoms with Crippen LogP contribution in [0, 0.1) is 0 Å². The molecule has 3 heteroatoms. The Labute approximate surface area is 82.7 Å². The summed E-state index contributed by atoms with van der Waals surface area (Å²) in [6, 6.07) is 0. The summed E-state index contributed by atoms with van der Waals surface area (Å²) in [7, 11) is 4.18. The average molecular weight is 187 g/mol. The molecule has 0 fully saturated rings. The second kappa shape index (κ2) is 6.35. The Kier molecular flexibility index (Phi) is 6.29. The summed E-state index contributed by atoms with van der Waals surface area (Å²) in [6.07, 6.45) is 2.25. The van der Waals surface area contributed by atoms with Gasteiger partial charge < -0.3 is 16.0 Å². The molecule has 0 atom stereocenters. The molecule has 80 valence electrons. The lowest BCUT2D eigenvalue weighted by Gasteiger charge is -2.18. The van der Waals surface area contributed by atoms with Gasteiger partial charge in [0.25, 0.3) is 0 Å². The summed E-state index contributed by atoms with van der Waals surface area (Å²) >= 11 is 0. The third-order valence-electron chi connectivity index (χ3n) is 1.91. The monoisotopic (exact) mass is 187 g/mol. The first-order chi connectivity index (χ1) is 5.92. The lowest BCUT2D eigenvalue weighted by molar-refractivity contribution is 0.392. The Hall–Kier alpha value is -0.120. The highest BCUT2D eigenvalue weighted by Gasteiger charge is 2.08. The molecule has 13 heavy (non-hydrogen) atoms. The van der Waals surface area contributed by atoms with Crippen LogP contribution in [0.2, 0.25) is 0 Å². The van der Waals surface area contributed by atoms with Gasteiger partial charge in [-0.25, -0.2) is 0 Å². The molecule has 0 aliphatic rings. The Bertz CT molecular complexity index is 116. The number of rotatable bonds is 7. The number of hydrogen-bond acceptors (Lipinski definition) is 3. The van der Waals surface area contributed by atoms with Gasteiger partial charge in [0, 0.05) is 18.6 Å². The van der Waals surface area contributed by atoms with E-state index >= 15 is 0 Å². The third kappa shape index (κ3) is 11.9. The van der Waals surface area contributed by atoms with E-state index in [2.05, 4.69) is 38.2 Å². The Morgan fingerprint density at radius 2 is 1.85 bits per heavy atom. The first-order valence-electron chi connectivity index (χ1n) is 5.06.